The van der Waals surface area contributed by atoms with Crippen molar-refractivity contribution in [3.63, 3.8) is 0 Å². The molecule has 0 aliphatic carbocycles. The Bertz CT molecular complexity index is 494. The smallest absolute Gasteiger partial charge is 0.311 e. The quantitative estimate of drug-likeness (QED) is 0.519. The molecule has 2 rings (SSSR count). The molecule has 2 unspecified atom stereocenters. The van der Waals surface area contributed by atoms with Crippen molar-refractivity contribution in [1.29, 1.82) is 0 Å². The molecule has 1 aromatic rings. The Morgan fingerprint density at radius 2 is 1.85 bits per heavy atom. The molecule has 0 spiro atoms. The van der Waals surface area contributed by atoms with Crippen LogP contribution in [0.2, 0.25) is 0 Å². The molecule has 1 fully saturated rings. The van der Waals surface area contributed by atoms with Crippen molar-refractivity contribution in [2.45, 2.75) is 37.6 Å². The molecule has 0 bridgehead atoms. The van der Waals surface area contributed by atoms with Crippen LogP contribution in [-0.2, 0) is 4.74 Å². The second-order valence-corrected chi connectivity index (χ2v) is 4.52. The Balaban J connectivity index is 2.20. The monoisotopic (exact) mass is 285 g/mol. The zero-order valence-corrected chi connectivity index (χ0v) is 10.6. The Labute approximate surface area is 114 Å². The molecular weight excluding hydrogens is 270 g/mol. The molecule has 20 heavy (non-hydrogen) atoms. The van der Waals surface area contributed by atoms with Crippen molar-refractivity contribution in [2.75, 3.05) is 0 Å². The van der Waals surface area contributed by atoms with Gasteiger partial charge in [-0.1, -0.05) is 12.1 Å². The fourth-order valence-corrected chi connectivity index (χ4v) is 1.94. The summed E-state index contributed by atoms with van der Waals surface area (Å²) in [6.07, 6.45) is -6.30. The number of hydrogen-bond donors (Lipinski definition) is 3. The van der Waals surface area contributed by atoms with Crippen LogP contribution in [0.3, 0.4) is 0 Å². The summed E-state index contributed by atoms with van der Waals surface area (Å²) in [5, 5.41) is 39.8. The standard InChI is InChI=1S/C12H15NO7/c1-6-9(14)10(15)11(16)12(19-6)20-8-5-3-2-4-7(8)13(17)18/h2-6,9-12,14-16H,1H3/t6?,9-,10+,11?,12-/m1/s1. The van der Waals surface area contributed by atoms with Crippen LogP contribution in [0, 0.1) is 10.1 Å². The van der Waals surface area contributed by atoms with Gasteiger partial charge in [-0.05, 0) is 13.0 Å². The molecule has 0 amide bonds. The predicted molar refractivity (Wildman–Crippen MR) is 66.1 cm³/mol. The molecule has 0 saturated carbocycles. The van der Waals surface area contributed by atoms with Gasteiger partial charge in [0.15, 0.2) is 5.75 Å². The fourth-order valence-electron chi connectivity index (χ4n) is 1.94. The van der Waals surface area contributed by atoms with Gasteiger partial charge in [-0.25, -0.2) is 0 Å². The molecule has 0 radical (unpaired) electrons. The van der Waals surface area contributed by atoms with Crippen LogP contribution in [-0.4, -0.2) is 50.9 Å². The van der Waals surface area contributed by atoms with Gasteiger partial charge in [0.2, 0.25) is 6.29 Å². The molecular formula is C12H15NO7. The van der Waals surface area contributed by atoms with E-state index in [0.29, 0.717) is 0 Å². The Morgan fingerprint density at radius 1 is 1.20 bits per heavy atom. The normalized spacial score (nSPS) is 33.7. The lowest BCUT2D eigenvalue weighted by Gasteiger charge is -2.38. The number of para-hydroxylation sites is 2. The molecule has 3 N–H and O–H groups in total. The van der Waals surface area contributed by atoms with E-state index in [1.54, 1.807) is 0 Å². The van der Waals surface area contributed by atoms with Gasteiger partial charge in [0, 0.05) is 6.07 Å². The highest BCUT2D eigenvalue weighted by Gasteiger charge is 2.43. The van der Waals surface area contributed by atoms with E-state index < -0.39 is 35.6 Å². The summed E-state index contributed by atoms with van der Waals surface area (Å²) in [5.74, 6) is -0.0858. The van der Waals surface area contributed by atoms with E-state index in [1.807, 2.05) is 0 Å². The molecule has 1 aliphatic rings. The zero-order chi connectivity index (χ0) is 14.9. The molecule has 8 nitrogen and oxygen atoms in total. The van der Waals surface area contributed by atoms with Crippen molar-refractivity contribution in [1.82, 2.24) is 0 Å². The lowest BCUT2D eigenvalue weighted by molar-refractivity contribution is -0.387. The van der Waals surface area contributed by atoms with Gasteiger partial charge >= 0.3 is 5.69 Å². The Hall–Kier alpha value is -1.74. The minimum Gasteiger partial charge on any atom is -0.455 e. The molecule has 0 aromatic heterocycles. The lowest BCUT2D eigenvalue weighted by Crippen LogP contribution is -2.58. The maximum absolute atomic E-state index is 10.9. The van der Waals surface area contributed by atoms with Crippen molar-refractivity contribution in [2.24, 2.45) is 0 Å². The van der Waals surface area contributed by atoms with E-state index >= 15 is 0 Å². The number of hydrogen-bond acceptors (Lipinski definition) is 7. The molecule has 1 saturated heterocycles. The average Bonchev–Trinajstić information content (AvgIpc) is 2.43. The minimum absolute atomic E-state index is 0.0858. The first-order valence-corrected chi connectivity index (χ1v) is 6.01. The van der Waals surface area contributed by atoms with Gasteiger partial charge in [0.1, 0.15) is 18.3 Å². The largest absolute Gasteiger partial charge is 0.455 e. The van der Waals surface area contributed by atoms with Gasteiger partial charge in [0.25, 0.3) is 0 Å². The average molecular weight is 285 g/mol. The first-order chi connectivity index (χ1) is 9.41. The number of nitro benzene ring substituents is 1. The van der Waals surface area contributed by atoms with Crippen molar-refractivity contribution >= 4 is 5.69 Å². The summed E-state index contributed by atoms with van der Waals surface area (Å²) in [7, 11) is 0. The summed E-state index contributed by atoms with van der Waals surface area (Å²) in [4.78, 5) is 10.2. The number of aliphatic hydroxyl groups is 3. The number of ether oxygens (including phenoxy) is 2. The van der Waals surface area contributed by atoms with Gasteiger partial charge < -0.3 is 24.8 Å². The van der Waals surface area contributed by atoms with E-state index in [9.17, 15) is 25.4 Å². The summed E-state index contributed by atoms with van der Waals surface area (Å²) >= 11 is 0. The van der Waals surface area contributed by atoms with Crippen LogP contribution in [0.1, 0.15) is 6.92 Å². The van der Waals surface area contributed by atoms with E-state index in [0.717, 1.165) is 0 Å². The van der Waals surface area contributed by atoms with Crippen LogP contribution in [0.15, 0.2) is 24.3 Å². The van der Waals surface area contributed by atoms with E-state index in [4.69, 9.17) is 9.47 Å². The van der Waals surface area contributed by atoms with Crippen LogP contribution < -0.4 is 4.74 Å². The molecule has 1 heterocycles. The summed E-state index contributed by atoms with van der Waals surface area (Å²) in [6, 6.07) is 5.62. The predicted octanol–water partition coefficient (Wildman–Crippen LogP) is -0.199. The maximum Gasteiger partial charge on any atom is 0.311 e. The maximum atomic E-state index is 10.9. The van der Waals surface area contributed by atoms with Crippen LogP contribution in [0.25, 0.3) is 0 Å². The highest BCUT2D eigenvalue weighted by atomic mass is 16.7. The van der Waals surface area contributed by atoms with E-state index in [2.05, 4.69) is 0 Å². The number of nitro groups is 1. The molecule has 1 aliphatic heterocycles. The van der Waals surface area contributed by atoms with Gasteiger partial charge in [-0.15, -0.1) is 0 Å². The van der Waals surface area contributed by atoms with Crippen molar-refractivity contribution in [3.05, 3.63) is 34.4 Å². The number of nitrogens with zero attached hydrogens (tertiary/aromatic N) is 1. The highest BCUT2D eigenvalue weighted by molar-refractivity contribution is 5.45. The Morgan fingerprint density at radius 3 is 2.50 bits per heavy atom. The van der Waals surface area contributed by atoms with Crippen LogP contribution >= 0.6 is 0 Å². The van der Waals surface area contributed by atoms with Crippen LogP contribution in [0.5, 0.6) is 5.75 Å². The third kappa shape index (κ3) is 2.73. The van der Waals surface area contributed by atoms with Crippen molar-refractivity contribution < 1.29 is 29.7 Å². The molecule has 1 aromatic carbocycles. The first-order valence-electron chi connectivity index (χ1n) is 6.01. The fraction of sp³-hybridized carbons (Fsp3) is 0.500. The van der Waals surface area contributed by atoms with Gasteiger partial charge in [0.05, 0.1) is 11.0 Å². The summed E-state index contributed by atoms with van der Waals surface area (Å²) in [5.41, 5.74) is -0.281. The second-order valence-electron chi connectivity index (χ2n) is 4.52. The highest BCUT2D eigenvalue weighted by Crippen LogP contribution is 2.30. The zero-order valence-electron chi connectivity index (χ0n) is 10.6. The summed E-state index contributed by atoms with van der Waals surface area (Å²) < 4.78 is 10.5. The number of aliphatic hydroxyl groups excluding tert-OH is 3. The van der Waals surface area contributed by atoms with Crippen LogP contribution in [0.4, 0.5) is 5.69 Å². The lowest BCUT2D eigenvalue weighted by atomic mass is 10.00. The molecule has 8 heteroatoms. The second kappa shape index (κ2) is 5.71. The summed E-state index contributed by atoms with van der Waals surface area (Å²) in [6.45, 7) is 1.50. The van der Waals surface area contributed by atoms with Gasteiger partial charge in [-0.3, -0.25) is 10.1 Å². The number of benzene rings is 1. The SMILES string of the molecule is CC1O[C@H](Oc2ccccc2[N+](=O)[O-])C(O)[C@@H](O)[C@@H]1O. The Kier molecular flexibility index (Phi) is 4.19. The van der Waals surface area contributed by atoms with E-state index in [-0.39, 0.29) is 11.4 Å². The first kappa shape index (κ1) is 14.7. The molecule has 5 atom stereocenters. The number of rotatable bonds is 3. The van der Waals surface area contributed by atoms with Crippen molar-refractivity contribution in [3.8, 4) is 5.75 Å². The third-order valence-corrected chi connectivity index (χ3v) is 3.11. The topological polar surface area (TPSA) is 122 Å². The van der Waals surface area contributed by atoms with E-state index in [1.165, 1.54) is 31.2 Å². The third-order valence-electron chi connectivity index (χ3n) is 3.11. The van der Waals surface area contributed by atoms with Gasteiger partial charge in [-0.2, -0.15) is 0 Å². The molecule has 110 valence electrons. The minimum atomic E-state index is -1.51.